The van der Waals surface area contributed by atoms with Crippen LogP contribution in [-0.2, 0) is 25.5 Å². The average Bonchev–Trinajstić information content (AvgIpc) is 1.17. The lowest BCUT2D eigenvalue weighted by Crippen LogP contribution is -2.28. The first-order valence-electron chi connectivity index (χ1n) is 35.7. The molecule has 4 aliphatic heterocycles. The normalized spacial score (nSPS) is 15.9. The molecule has 0 spiro atoms. The zero-order valence-corrected chi connectivity index (χ0v) is 68.5. The Kier molecular flexibility index (Phi) is 43.2. The molecule has 4 fully saturated rings. The van der Waals surface area contributed by atoms with Gasteiger partial charge in [-0.05, 0) is 178 Å². The Labute approximate surface area is 688 Å². The number of amides is 2. The van der Waals surface area contributed by atoms with Crippen LogP contribution in [0.3, 0.4) is 0 Å². The van der Waals surface area contributed by atoms with Crippen molar-refractivity contribution in [2.75, 3.05) is 151 Å². The van der Waals surface area contributed by atoms with Crippen LogP contribution in [0.15, 0.2) is 183 Å². The number of hydrogen-bond donors (Lipinski definition) is 8. The first-order chi connectivity index (χ1) is 52.4. The molecule has 0 bridgehead atoms. The SMILES string of the molecule is C=CC(=O)Nc1cccc(Oc2nc(Cl)ncc2OC)c1.C=CC(=O)Nc1cccc(Oc2nc(Nc3ccc(C[C@H]4CCN(CCC)C4)cc3)ncc2OC)c1.COCCN1CC[C@H](Nc2ccc(N)cc2)C1.COCCN1CC[C@H](Nc2ccc([N+](=O)[O-])cc2)C1.O=[N+]([O-])c1ccc(N[C@H]2CCNC2)cc1.S.S.S.S. The minimum Gasteiger partial charge on any atom is -0.490 e. The first kappa shape index (κ1) is 94.7. The Balaban J connectivity index is 0.000000305. The Morgan fingerprint density at radius 3 is 1.49 bits per heavy atom. The number of nitrogens with zero attached hydrogens (tertiary/aromatic N) is 9. The Hall–Kier alpha value is -9.65. The number of methoxy groups -OCH3 is 4. The number of nitrogen functional groups attached to an aromatic ring is 1. The van der Waals surface area contributed by atoms with Crippen molar-refractivity contribution in [3.63, 3.8) is 0 Å². The van der Waals surface area contributed by atoms with E-state index in [1.807, 2.05) is 36.4 Å². The number of carbonyl (C=O) groups excluding carboxylic acids is 2. The molecule has 0 aliphatic carbocycles. The van der Waals surface area contributed by atoms with Gasteiger partial charge >= 0.3 is 0 Å². The van der Waals surface area contributed by atoms with E-state index in [2.05, 4.69) is 104 Å². The number of nitrogens with one attached hydrogen (secondary N) is 7. The summed E-state index contributed by atoms with van der Waals surface area (Å²) in [5.41, 5.74) is 13.1. The number of hydrogen-bond acceptors (Lipinski definition) is 25. The number of non-ortho nitro benzene ring substituents is 2. The number of carbonyl (C=O) groups is 2. The standard InChI is InChI=1S/C28H33N5O3.C14H12ClN3O3.C13H19N3O3.C13H21N3O.C10H13N3O2.4H2S/c1-4-14-33-15-13-21(19-33)16-20-9-11-22(12-10-20)31-28-29-18-25(35-3)27(32-28)36-24-8-6-7-23(17-24)30-26(34)5-2;1-3-12(19)17-9-5-4-6-10(7-9)21-13-11(20-2)8-16-14(15)18-13;1-19-9-8-15-7-6-12(10-15)14-11-2-4-13(5-3-11)16(17)18;1-17-9-8-16-7-6-13(10-16)15-12-4-2-11(14)3-5-12;14-13(15)10-3-1-8(2-4-10)12-9-5-6-11-7-9;;;;/h5-12,17-18,21H,2,4,13-16,19H2,1,3H3,(H,30,34)(H,29,31,32);3-8H,1H2,2H3,(H,17,19);2-5,12,14H,6-10H2,1H3;2-5,13,15H,6-10,14H2,1H3;1-4,9,11-12H,5-7H2;4*1H2/t21-;;12-;13-;9-;;;;/m1.000..../s1. The van der Waals surface area contributed by atoms with Gasteiger partial charge in [0.1, 0.15) is 11.5 Å². The summed E-state index contributed by atoms with van der Waals surface area (Å²) < 4.78 is 32.2. The van der Waals surface area contributed by atoms with Crippen LogP contribution < -0.4 is 61.9 Å². The maximum Gasteiger partial charge on any atom is 0.269 e. The van der Waals surface area contributed by atoms with Crippen molar-refractivity contribution >= 4 is 135 Å². The molecule has 34 heteroatoms. The number of ether oxygens (including phenoxy) is 6. The van der Waals surface area contributed by atoms with Crippen LogP contribution in [-0.4, -0.2) is 188 Å². The van der Waals surface area contributed by atoms with Crippen molar-refractivity contribution in [1.29, 1.82) is 0 Å². The number of benzene rings is 6. The lowest BCUT2D eigenvalue weighted by atomic mass is 9.98. The number of nitro groups is 2. The van der Waals surface area contributed by atoms with Gasteiger partial charge in [-0.3, -0.25) is 39.6 Å². The van der Waals surface area contributed by atoms with E-state index in [0.29, 0.717) is 58.4 Å². The number of rotatable bonds is 30. The highest BCUT2D eigenvalue weighted by atomic mass is 35.5. The quantitative estimate of drug-likeness (QED) is 0.00681. The number of nitrogens with two attached hydrogens (primary N) is 1. The van der Waals surface area contributed by atoms with E-state index in [1.54, 1.807) is 93.2 Å². The number of aromatic nitrogens is 4. The first-order valence-corrected chi connectivity index (χ1v) is 36.0. The summed E-state index contributed by atoms with van der Waals surface area (Å²) in [5, 5.41) is 43.1. The highest BCUT2D eigenvalue weighted by molar-refractivity contribution is 7.59. The summed E-state index contributed by atoms with van der Waals surface area (Å²) >= 11 is 5.73. The second kappa shape index (κ2) is 51.1. The van der Waals surface area contributed by atoms with Crippen molar-refractivity contribution < 1.29 is 47.9 Å². The third kappa shape index (κ3) is 33.0. The van der Waals surface area contributed by atoms with Gasteiger partial charge in [-0.2, -0.15) is 64.0 Å². The summed E-state index contributed by atoms with van der Waals surface area (Å²) in [4.78, 5) is 67.0. The summed E-state index contributed by atoms with van der Waals surface area (Å²) in [6, 6.07) is 44.6. The molecule has 0 saturated carbocycles. The molecular formula is C78H106ClN17O12S4. The maximum absolute atomic E-state index is 11.6. The fourth-order valence-corrected chi connectivity index (χ4v) is 12.1. The molecule has 606 valence electrons. The third-order valence-corrected chi connectivity index (χ3v) is 17.7. The molecule has 0 unspecified atom stereocenters. The second-order valence-electron chi connectivity index (χ2n) is 25.6. The van der Waals surface area contributed by atoms with E-state index < -0.39 is 0 Å². The summed E-state index contributed by atoms with van der Waals surface area (Å²) in [5.74, 6) is 2.65. The molecule has 29 nitrogen and oxygen atoms in total. The smallest absolute Gasteiger partial charge is 0.269 e. The van der Waals surface area contributed by atoms with Crippen LogP contribution in [0.5, 0.6) is 34.8 Å². The van der Waals surface area contributed by atoms with Gasteiger partial charge in [-0.1, -0.05) is 44.3 Å². The highest BCUT2D eigenvalue weighted by Crippen LogP contribution is 2.34. The lowest BCUT2D eigenvalue weighted by molar-refractivity contribution is -0.385. The highest BCUT2D eigenvalue weighted by Gasteiger charge is 2.25. The van der Waals surface area contributed by atoms with Crippen LogP contribution in [0.4, 0.5) is 57.1 Å². The minimum atomic E-state index is -0.388. The summed E-state index contributed by atoms with van der Waals surface area (Å²) in [6.45, 7) is 22.5. The molecule has 9 N–H and O–H groups in total. The van der Waals surface area contributed by atoms with Gasteiger partial charge in [0.05, 0.1) is 49.7 Å². The zero-order chi connectivity index (χ0) is 77.0. The minimum absolute atomic E-state index is 0. The molecule has 4 saturated heterocycles. The topological polar surface area (TPSA) is 347 Å². The van der Waals surface area contributed by atoms with Gasteiger partial charge in [0.15, 0.2) is 11.5 Å². The number of halogens is 1. The third-order valence-electron chi connectivity index (χ3n) is 17.5. The van der Waals surface area contributed by atoms with Crippen molar-refractivity contribution in [3.8, 4) is 34.8 Å². The largest absolute Gasteiger partial charge is 0.490 e. The van der Waals surface area contributed by atoms with Crippen LogP contribution in [0.25, 0.3) is 0 Å². The fraction of sp³-hybridized carbons (Fsp3) is 0.359. The van der Waals surface area contributed by atoms with Crippen LogP contribution in [0.2, 0.25) is 5.28 Å². The molecule has 112 heavy (non-hydrogen) atoms. The van der Waals surface area contributed by atoms with E-state index in [9.17, 15) is 29.8 Å². The van der Waals surface area contributed by atoms with Gasteiger partial charge in [0.25, 0.3) is 23.1 Å². The molecule has 0 radical (unpaired) electrons. The van der Waals surface area contributed by atoms with Gasteiger partial charge in [0.2, 0.25) is 23.0 Å². The van der Waals surface area contributed by atoms with Gasteiger partial charge < -0.3 is 76.3 Å². The second-order valence-corrected chi connectivity index (χ2v) is 26.0. The molecule has 2 aromatic heterocycles. The van der Waals surface area contributed by atoms with Gasteiger partial charge in [-0.15, -0.1) is 0 Å². The Morgan fingerprint density at radius 2 is 1.04 bits per heavy atom. The van der Waals surface area contributed by atoms with E-state index in [4.69, 9.17) is 45.8 Å². The van der Waals surface area contributed by atoms with E-state index in [-0.39, 0.29) is 104 Å². The summed E-state index contributed by atoms with van der Waals surface area (Å²) in [6.07, 6.45) is 12.3. The summed E-state index contributed by atoms with van der Waals surface area (Å²) in [7, 11) is 6.47. The predicted octanol–water partition coefficient (Wildman–Crippen LogP) is 13.4. The number of nitro benzene ring substituents is 2. The monoisotopic (exact) mass is 1640 g/mol. The molecule has 12 rings (SSSR count). The molecule has 4 atom stereocenters. The number of anilines is 8. The van der Waals surface area contributed by atoms with E-state index >= 15 is 0 Å². The lowest BCUT2D eigenvalue weighted by Gasteiger charge is -2.17. The number of likely N-dealkylation sites (tertiary alicyclic amines) is 3. The predicted molar refractivity (Wildman–Crippen MR) is 465 cm³/mol. The fourth-order valence-electron chi connectivity index (χ4n) is 12.0. The molecule has 6 heterocycles. The van der Waals surface area contributed by atoms with Gasteiger partial charge in [-0.25, -0.2) is 9.97 Å². The molecular weight excluding hydrogens is 1530 g/mol. The van der Waals surface area contributed by atoms with Crippen LogP contribution in [0, 0.1) is 26.1 Å². The Bertz CT molecular complexity index is 4150. The van der Waals surface area contributed by atoms with Crippen LogP contribution in [0.1, 0.15) is 44.6 Å². The van der Waals surface area contributed by atoms with Crippen molar-refractivity contribution in [2.45, 2.75) is 63.6 Å². The van der Waals surface area contributed by atoms with Crippen molar-refractivity contribution in [1.82, 2.24) is 40.0 Å². The van der Waals surface area contributed by atoms with Crippen molar-refractivity contribution in [2.24, 2.45) is 5.92 Å². The molecule has 2 amide bonds. The zero-order valence-electron chi connectivity index (χ0n) is 63.7. The maximum atomic E-state index is 11.6. The van der Waals surface area contributed by atoms with E-state index in [0.717, 1.165) is 119 Å². The molecule has 8 aromatic rings. The van der Waals surface area contributed by atoms with E-state index in [1.165, 1.54) is 101 Å². The average molecular weight is 1640 g/mol. The molecule has 4 aliphatic rings. The van der Waals surface area contributed by atoms with Crippen LogP contribution >= 0.6 is 65.6 Å². The van der Waals surface area contributed by atoms with Crippen molar-refractivity contribution in [3.05, 3.63) is 214 Å². The Morgan fingerprint density at radius 1 is 0.580 bits per heavy atom. The molecule has 6 aromatic carbocycles. The van der Waals surface area contributed by atoms with Gasteiger partial charge in [0, 0.05) is 161 Å².